The highest BCUT2D eigenvalue weighted by Gasteiger charge is 2.29. The number of sulfonamides is 1. The number of carbonyl (C=O) groups excluding carboxylic acids is 2. The van der Waals surface area contributed by atoms with Gasteiger partial charge in [-0.1, -0.05) is 24.1 Å². The molecule has 1 aromatic carbocycles. The van der Waals surface area contributed by atoms with Gasteiger partial charge in [0, 0.05) is 18.2 Å². The third-order valence-electron chi connectivity index (χ3n) is 6.23. The summed E-state index contributed by atoms with van der Waals surface area (Å²) in [6, 6.07) is 3.06. The summed E-state index contributed by atoms with van der Waals surface area (Å²) in [6.45, 7) is 1.20. The Bertz CT molecular complexity index is 980. The second kappa shape index (κ2) is 9.97. The van der Waals surface area contributed by atoms with Crippen LogP contribution in [0.15, 0.2) is 12.1 Å². The molecule has 1 saturated heterocycles. The Kier molecular flexibility index (Phi) is 7.27. The average Bonchev–Trinajstić information content (AvgIpc) is 3.50. The molecule has 1 heterocycles. The maximum absolute atomic E-state index is 12.7. The van der Waals surface area contributed by atoms with Crippen LogP contribution >= 0.6 is 11.6 Å². The van der Waals surface area contributed by atoms with E-state index in [9.17, 15) is 18.0 Å². The van der Waals surface area contributed by atoms with Crippen LogP contribution in [0, 0.1) is 5.92 Å². The van der Waals surface area contributed by atoms with Crippen LogP contribution in [0.5, 0.6) is 5.75 Å². The first kappa shape index (κ1) is 23.3. The van der Waals surface area contributed by atoms with E-state index in [4.69, 9.17) is 16.3 Å². The number of hydrogen-bond acceptors (Lipinski definition) is 5. The van der Waals surface area contributed by atoms with Gasteiger partial charge in [-0.25, -0.2) is 17.9 Å². The van der Waals surface area contributed by atoms with Crippen LogP contribution in [0.2, 0.25) is 5.02 Å². The van der Waals surface area contributed by atoms with Crippen molar-refractivity contribution >= 4 is 33.6 Å². The van der Waals surface area contributed by atoms with E-state index in [0.29, 0.717) is 49.1 Å². The second-order valence-corrected chi connectivity index (χ2v) is 11.2. The van der Waals surface area contributed by atoms with Gasteiger partial charge in [0.25, 0.3) is 0 Å². The van der Waals surface area contributed by atoms with Crippen LogP contribution in [0.4, 0.5) is 4.79 Å². The molecule has 1 atom stereocenters. The van der Waals surface area contributed by atoms with Gasteiger partial charge in [0.1, 0.15) is 12.3 Å². The smallest absolute Gasteiger partial charge is 0.324 e. The van der Waals surface area contributed by atoms with Crippen LogP contribution < -0.4 is 14.8 Å². The number of hydrogen-bond donors (Lipinski definition) is 2. The summed E-state index contributed by atoms with van der Waals surface area (Å²) in [4.78, 5) is 24.2. The summed E-state index contributed by atoms with van der Waals surface area (Å²) in [6.07, 6.45) is 6.65. The minimum absolute atomic E-state index is 0.0303. The van der Waals surface area contributed by atoms with Crippen molar-refractivity contribution in [3.05, 3.63) is 28.3 Å². The quantitative estimate of drug-likeness (QED) is 0.371. The Morgan fingerprint density at radius 2 is 1.97 bits per heavy atom. The van der Waals surface area contributed by atoms with Gasteiger partial charge in [-0.2, -0.15) is 0 Å². The topological polar surface area (TPSA) is 105 Å². The maximum atomic E-state index is 12.7. The molecule has 2 N–H and O–H groups in total. The van der Waals surface area contributed by atoms with E-state index in [1.54, 1.807) is 6.07 Å². The van der Waals surface area contributed by atoms with Gasteiger partial charge in [0.05, 0.1) is 17.4 Å². The molecule has 1 saturated carbocycles. The first-order valence-electron chi connectivity index (χ1n) is 11.4. The van der Waals surface area contributed by atoms with Crippen molar-refractivity contribution in [3.8, 4) is 5.75 Å². The van der Waals surface area contributed by atoms with Gasteiger partial charge in [-0.3, -0.25) is 10.1 Å². The van der Waals surface area contributed by atoms with E-state index < -0.39 is 10.0 Å². The number of rotatable bonds is 11. The molecule has 0 radical (unpaired) electrons. The van der Waals surface area contributed by atoms with Crippen LogP contribution in [0.1, 0.15) is 62.1 Å². The number of ether oxygens (including phenoxy) is 1. The molecule has 0 bridgehead atoms. The van der Waals surface area contributed by atoms with Crippen molar-refractivity contribution in [2.45, 2.75) is 57.4 Å². The largest absolute Gasteiger partial charge is 0.491 e. The molecule has 0 unspecified atom stereocenters. The number of amides is 3. The van der Waals surface area contributed by atoms with E-state index in [1.165, 1.54) is 17.7 Å². The third-order valence-corrected chi connectivity index (χ3v) is 8.00. The summed E-state index contributed by atoms with van der Waals surface area (Å²) in [5.41, 5.74) is 1.98. The highest BCUT2D eigenvalue weighted by molar-refractivity contribution is 7.89. The molecule has 0 aromatic heterocycles. The van der Waals surface area contributed by atoms with Crippen molar-refractivity contribution in [2.24, 2.45) is 5.92 Å². The summed E-state index contributed by atoms with van der Waals surface area (Å²) >= 11 is 6.40. The number of imide groups is 1. The highest BCUT2D eigenvalue weighted by Crippen LogP contribution is 2.41. The number of urea groups is 1. The molecule has 1 aliphatic heterocycles. The van der Waals surface area contributed by atoms with E-state index >= 15 is 0 Å². The van der Waals surface area contributed by atoms with Gasteiger partial charge in [0.2, 0.25) is 15.9 Å². The Morgan fingerprint density at radius 1 is 1.16 bits per heavy atom. The average molecular weight is 484 g/mol. The zero-order chi connectivity index (χ0) is 22.7. The Labute approximate surface area is 194 Å². The zero-order valence-electron chi connectivity index (χ0n) is 18.1. The Morgan fingerprint density at radius 3 is 2.69 bits per heavy atom. The Balaban J connectivity index is 1.29. The summed E-state index contributed by atoms with van der Waals surface area (Å²) in [5.74, 6) is 1.06. The minimum atomic E-state index is -3.45. The molecule has 4 rings (SSSR count). The molecular formula is C22H30ClN3O5S. The molecule has 0 spiro atoms. The number of nitrogens with zero attached hydrogens (tertiary/aromatic N) is 1. The first-order valence-corrected chi connectivity index (χ1v) is 13.4. The lowest BCUT2D eigenvalue weighted by Gasteiger charge is -2.28. The third kappa shape index (κ3) is 5.94. The lowest BCUT2D eigenvalue weighted by atomic mass is 9.87. The van der Waals surface area contributed by atoms with Gasteiger partial charge < -0.3 is 9.64 Å². The molecule has 32 heavy (non-hydrogen) atoms. The number of carbonyl (C=O) groups is 2. The monoisotopic (exact) mass is 483 g/mol. The molecule has 3 aliphatic rings. The van der Waals surface area contributed by atoms with Crippen molar-refractivity contribution in [3.63, 3.8) is 0 Å². The molecule has 10 heteroatoms. The maximum Gasteiger partial charge on any atom is 0.324 e. The number of nitrogens with one attached hydrogen (secondary N) is 2. The molecule has 2 fully saturated rings. The predicted molar refractivity (Wildman–Crippen MR) is 121 cm³/mol. The second-order valence-electron chi connectivity index (χ2n) is 8.92. The normalized spacial score (nSPS) is 20.9. The molecule has 3 amide bonds. The molecule has 176 valence electrons. The SMILES string of the molecule is O=C1CN(CCCCCS(=O)(=O)N[C@H]2CCCc3c2ccc(Cl)c3OCC2CC2)C(=O)N1. The van der Waals surface area contributed by atoms with Gasteiger partial charge in [0.15, 0.2) is 0 Å². The van der Waals surface area contributed by atoms with Gasteiger partial charge in [-0.15, -0.1) is 0 Å². The summed E-state index contributed by atoms with van der Waals surface area (Å²) in [7, 11) is -3.45. The van der Waals surface area contributed by atoms with Crippen LogP contribution in [-0.2, 0) is 21.2 Å². The van der Waals surface area contributed by atoms with Crippen LogP contribution in [0.3, 0.4) is 0 Å². The molecule has 1 aromatic rings. The van der Waals surface area contributed by atoms with E-state index in [1.807, 2.05) is 6.07 Å². The fraction of sp³-hybridized carbons (Fsp3) is 0.636. The number of unbranched alkanes of at least 4 members (excludes halogenated alkanes) is 2. The summed E-state index contributed by atoms with van der Waals surface area (Å²) in [5, 5.41) is 2.82. The van der Waals surface area contributed by atoms with Crippen molar-refractivity contribution in [1.29, 1.82) is 0 Å². The lowest BCUT2D eigenvalue weighted by Crippen LogP contribution is -2.33. The molecule has 2 aliphatic carbocycles. The lowest BCUT2D eigenvalue weighted by molar-refractivity contribution is -0.118. The van der Waals surface area contributed by atoms with Crippen molar-refractivity contribution in [1.82, 2.24) is 14.9 Å². The van der Waals surface area contributed by atoms with E-state index in [-0.39, 0.29) is 30.3 Å². The van der Waals surface area contributed by atoms with E-state index in [2.05, 4.69) is 10.0 Å². The Hall–Kier alpha value is -1.84. The fourth-order valence-electron chi connectivity index (χ4n) is 4.31. The zero-order valence-corrected chi connectivity index (χ0v) is 19.6. The molecule has 8 nitrogen and oxygen atoms in total. The predicted octanol–water partition coefficient (Wildman–Crippen LogP) is 3.15. The number of halogens is 1. The standard InChI is InChI=1S/C22H30ClN3O5S/c23-18-10-9-16-17(21(18)31-14-15-7-8-15)5-4-6-19(16)25-32(29,30)12-3-1-2-11-26-13-20(27)24-22(26)28/h9-10,15,19,25H,1-8,11-14H2,(H,24,27,28)/t19-/m0/s1. The van der Waals surface area contributed by atoms with Crippen molar-refractivity contribution in [2.75, 3.05) is 25.4 Å². The molecular weight excluding hydrogens is 454 g/mol. The van der Waals surface area contributed by atoms with Gasteiger partial charge >= 0.3 is 6.03 Å². The number of benzene rings is 1. The van der Waals surface area contributed by atoms with Gasteiger partial charge in [-0.05, 0) is 62.5 Å². The van der Waals surface area contributed by atoms with Crippen LogP contribution in [-0.4, -0.2) is 50.7 Å². The minimum Gasteiger partial charge on any atom is -0.491 e. The van der Waals surface area contributed by atoms with Crippen LogP contribution in [0.25, 0.3) is 0 Å². The first-order chi connectivity index (χ1) is 15.3. The van der Waals surface area contributed by atoms with E-state index in [0.717, 1.165) is 30.4 Å². The highest BCUT2D eigenvalue weighted by atomic mass is 35.5. The number of fused-ring (bicyclic) bond motifs is 1. The van der Waals surface area contributed by atoms with Crippen molar-refractivity contribution < 1.29 is 22.7 Å². The summed E-state index contributed by atoms with van der Waals surface area (Å²) < 4.78 is 34.3. The fourth-order valence-corrected chi connectivity index (χ4v) is 5.92.